The van der Waals surface area contributed by atoms with Crippen molar-refractivity contribution in [1.29, 1.82) is 0 Å². The summed E-state index contributed by atoms with van der Waals surface area (Å²) in [6.07, 6.45) is 1.68. The number of benzene rings is 2. The fraction of sp³-hybridized carbons (Fsp3) is 0.391. The molecular formula is C23H27FN2O2S. The maximum Gasteiger partial charge on any atom is 0.213 e. The lowest BCUT2D eigenvalue weighted by Gasteiger charge is -2.31. The van der Waals surface area contributed by atoms with E-state index in [0.29, 0.717) is 25.6 Å². The molecule has 0 N–H and O–H groups in total. The van der Waals surface area contributed by atoms with E-state index in [1.165, 1.54) is 34.3 Å². The maximum atomic E-state index is 13.3. The van der Waals surface area contributed by atoms with Gasteiger partial charge in [0.1, 0.15) is 5.82 Å². The lowest BCUT2D eigenvalue weighted by molar-refractivity contribution is 0.320. The van der Waals surface area contributed by atoms with E-state index in [-0.39, 0.29) is 11.6 Å². The van der Waals surface area contributed by atoms with Crippen molar-refractivity contribution in [3.63, 3.8) is 0 Å². The number of hydrogen-bond donors (Lipinski definition) is 0. The minimum atomic E-state index is -3.12. The average Bonchev–Trinajstić information content (AvgIpc) is 3.01. The Kier molecular flexibility index (Phi) is 5.49. The number of piperidine rings is 1. The van der Waals surface area contributed by atoms with Crippen molar-refractivity contribution in [3.8, 4) is 0 Å². The maximum absolute atomic E-state index is 13.3. The van der Waals surface area contributed by atoms with Gasteiger partial charge in [-0.25, -0.2) is 17.1 Å². The summed E-state index contributed by atoms with van der Waals surface area (Å²) >= 11 is 0. The Morgan fingerprint density at radius 3 is 2.34 bits per heavy atom. The van der Waals surface area contributed by atoms with Gasteiger partial charge in [-0.2, -0.15) is 0 Å². The van der Waals surface area contributed by atoms with Crippen LogP contribution in [0.4, 0.5) is 4.39 Å². The minimum Gasteiger partial charge on any atom is -0.340 e. The van der Waals surface area contributed by atoms with E-state index in [1.807, 2.05) is 18.2 Å². The highest BCUT2D eigenvalue weighted by atomic mass is 32.2. The zero-order valence-corrected chi connectivity index (χ0v) is 17.8. The molecule has 154 valence electrons. The first kappa shape index (κ1) is 20.1. The number of para-hydroxylation sites is 1. The fourth-order valence-corrected chi connectivity index (χ4v) is 5.69. The number of nitrogens with zero attached hydrogens (tertiary/aromatic N) is 2. The van der Waals surface area contributed by atoms with Crippen molar-refractivity contribution >= 4 is 20.9 Å². The topological polar surface area (TPSA) is 42.3 Å². The van der Waals surface area contributed by atoms with Gasteiger partial charge in [-0.15, -0.1) is 0 Å². The normalized spacial score (nSPS) is 16.5. The summed E-state index contributed by atoms with van der Waals surface area (Å²) < 4.78 is 41.6. The van der Waals surface area contributed by atoms with Crippen LogP contribution >= 0.6 is 0 Å². The summed E-state index contributed by atoms with van der Waals surface area (Å²) in [7, 11) is -3.12. The third-order valence-electron chi connectivity index (χ3n) is 6.15. The zero-order chi connectivity index (χ0) is 20.6. The second kappa shape index (κ2) is 7.92. The molecule has 4 nitrogen and oxygen atoms in total. The van der Waals surface area contributed by atoms with Gasteiger partial charge in [0.15, 0.2) is 0 Å². The van der Waals surface area contributed by atoms with Crippen molar-refractivity contribution in [3.05, 3.63) is 71.2 Å². The van der Waals surface area contributed by atoms with Crippen LogP contribution in [0, 0.1) is 12.7 Å². The number of rotatable bonds is 5. The number of aromatic nitrogens is 1. The highest BCUT2D eigenvalue weighted by Gasteiger charge is 2.30. The molecule has 0 amide bonds. The van der Waals surface area contributed by atoms with Crippen molar-refractivity contribution < 1.29 is 12.8 Å². The molecule has 0 unspecified atom stereocenters. The summed E-state index contributed by atoms with van der Waals surface area (Å²) in [6, 6.07) is 15.1. The van der Waals surface area contributed by atoms with Gasteiger partial charge < -0.3 is 4.57 Å². The largest absolute Gasteiger partial charge is 0.340 e. The Morgan fingerprint density at radius 2 is 1.69 bits per heavy atom. The van der Waals surface area contributed by atoms with Crippen molar-refractivity contribution in [2.24, 2.45) is 0 Å². The van der Waals surface area contributed by atoms with Gasteiger partial charge in [0.05, 0.1) is 5.75 Å². The van der Waals surface area contributed by atoms with E-state index < -0.39 is 10.0 Å². The molecule has 2 heterocycles. The third-order valence-corrected chi connectivity index (χ3v) is 8.04. The van der Waals surface area contributed by atoms with Crippen LogP contribution < -0.4 is 0 Å². The summed E-state index contributed by atoms with van der Waals surface area (Å²) in [6.45, 7) is 5.70. The summed E-state index contributed by atoms with van der Waals surface area (Å²) in [4.78, 5) is 0. The molecule has 0 aliphatic carbocycles. The molecule has 1 fully saturated rings. The Labute approximate surface area is 172 Å². The first-order chi connectivity index (χ1) is 13.9. The smallest absolute Gasteiger partial charge is 0.213 e. The first-order valence-electron chi connectivity index (χ1n) is 10.2. The molecule has 1 aliphatic heterocycles. The van der Waals surface area contributed by atoms with E-state index in [1.54, 1.807) is 11.2 Å². The third kappa shape index (κ3) is 3.83. The lowest BCUT2D eigenvalue weighted by Crippen LogP contribution is -2.38. The number of sulfonamides is 1. The van der Waals surface area contributed by atoms with E-state index >= 15 is 0 Å². The monoisotopic (exact) mass is 414 g/mol. The lowest BCUT2D eigenvalue weighted by atomic mass is 9.88. The SMILES string of the molecule is CCS(=O)(=O)N1CCC(c2c(C)n(Cc3ccc(F)cc3)c3ccccc23)CC1. The molecule has 29 heavy (non-hydrogen) atoms. The van der Waals surface area contributed by atoms with Crippen LogP contribution in [0.25, 0.3) is 10.9 Å². The Balaban J connectivity index is 1.67. The van der Waals surface area contributed by atoms with Gasteiger partial charge >= 0.3 is 0 Å². The molecule has 0 saturated carbocycles. The van der Waals surface area contributed by atoms with Crippen LogP contribution in [0.5, 0.6) is 0 Å². The molecule has 1 aromatic heterocycles. The number of hydrogen-bond acceptors (Lipinski definition) is 2. The molecule has 3 aromatic rings. The van der Waals surface area contributed by atoms with E-state index in [4.69, 9.17) is 0 Å². The first-order valence-corrected chi connectivity index (χ1v) is 11.8. The van der Waals surface area contributed by atoms with Crippen LogP contribution in [-0.4, -0.2) is 36.1 Å². The van der Waals surface area contributed by atoms with Crippen LogP contribution in [0.2, 0.25) is 0 Å². The van der Waals surface area contributed by atoms with Crippen molar-refractivity contribution in [2.75, 3.05) is 18.8 Å². The van der Waals surface area contributed by atoms with Gasteiger partial charge in [-0.05, 0) is 61.9 Å². The minimum absolute atomic E-state index is 0.160. The quantitative estimate of drug-likeness (QED) is 0.609. The second-order valence-electron chi connectivity index (χ2n) is 7.80. The molecule has 2 aromatic carbocycles. The van der Waals surface area contributed by atoms with Crippen molar-refractivity contribution in [1.82, 2.24) is 8.87 Å². The number of fused-ring (bicyclic) bond motifs is 1. The second-order valence-corrected chi connectivity index (χ2v) is 10.1. The Hall–Kier alpha value is -2.18. The number of halogens is 1. The standard InChI is InChI=1S/C23H27FN2O2S/c1-3-29(27,28)25-14-12-19(13-15-25)23-17(2)26(22-7-5-4-6-21(22)23)16-18-8-10-20(24)11-9-18/h4-11,19H,3,12-16H2,1-2H3. The average molecular weight is 415 g/mol. The summed E-state index contributed by atoms with van der Waals surface area (Å²) in [5.74, 6) is 0.281. The highest BCUT2D eigenvalue weighted by molar-refractivity contribution is 7.89. The van der Waals surface area contributed by atoms with E-state index in [0.717, 1.165) is 18.4 Å². The predicted molar refractivity (Wildman–Crippen MR) is 115 cm³/mol. The van der Waals surface area contributed by atoms with Crippen molar-refractivity contribution in [2.45, 2.75) is 39.2 Å². The molecular weight excluding hydrogens is 387 g/mol. The van der Waals surface area contributed by atoms with E-state index in [9.17, 15) is 12.8 Å². The molecule has 0 bridgehead atoms. The molecule has 1 aliphatic rings. The predicted octanol–water partition coefficient (Wildman–Crippen LogP) is 4.67. The summed E-state index contributed by atoms with van der Waals surface area (Å²) in [5, 5.41) is 1.24. The molecule has 0 spiro atoms. The highest BCUT2D eigenvalue weighted by Crippen LogP contribution is 2.38. The van der Waals surface area contributed by atoms with E-state index in [2.05, 4.69) is 29.7 Å². The Bertz CT molecular complexity index is 1110. The molecule has 0 atom stereocenters. The van der Waals surface area contributed by atoms with Crippen LogP contribution in [0.1, 0.15) is 42.5 Å². The Morgan fingerprint density at radius 1 is 1.03 bits per heavy atom. The van der Waals surface area contributed by atoms with Gasteiger partial charge in [0, 0.05) is 36.2 Å². The van der Waals surface area contributed by atoms with Crippen LogP contribution in [0.3, 0.4) is 0 Å². The molecule has 0 radical (unpaired) electrons. The zero-order valence-electron chi connectivity index (χ0n) is 16.9. The van der Waals surface area contributed by atoms with Crippen LogP contribution in [-0.2, 0) is 16.6 Å². The van der Waals surface area contributed by atoms with Crippen LogP contribution in [0.15, 0.2) is 48.5 Å². The van der Waals surface area contributed by atoms with Gasteiger partial charge in [0.25, 0.3) is 0 Å². The molecule has 6 heteroatoms. The molecule has 1 saturated heterocycles. The fourth-order valence-electron chi connectivity index (χ4n) is 4.55. The van der Waals surface area contributed by atoms with Gasteiger partial charge in [-0.1, -0.05) is 30.3 Å². The summed E-state index contributed by atoms with van der Waals surface area (Å²) in [5.41, 5.74) is 4.78. The van der Waals surface area contributed by atoms with Gasteiger partial charge in [-0.3, -0.25) is 0 Å². The van der Waals surface area contributed by atoms with Gasteiger partial charge in [0.2, 0.25) is 10.0 Å². The molecule has 4 rings (SSSR count).